The van der Waals surface area contributed by atoms with Gasteiger partial charge < -0.3 is 10.6 Å². The van der Waals surface area contributed by atoms with Gasteiger partial charge in [0.05, 0.1) is 11.4 Å². The van der Waals surface area contributed by atoms with E-state index in [1.54, 1.807) is 42.5 Å². The molecule has 0 spiro atoms. The quantitative estimate of drug-likeness (QED) is 0.755. The molecule has 0 fully saturated rings. The Bertz CT molecular complexity index is 833. The predicted octanol–water partition coefficient (Wildman–Crippen LogP) is 1.05. The molecule has 0 unspecified atom stereocenters. The number of aromatic nitrogens is 1. The number of fused-ring (bicyclic) bond motifs is 1. The van der Waals surface area contributed by atoms with Crippen molar-refractivity contribution in [3.05, 3.63) is 36.7 Å². The lowest BCUT2D eigenvalue weighted by atomic mass is 10.2. The van der Waals surface area contributed by atoms with Crippen molar-refractivity contribution in [3.63, 3.8) is 0 Å². The molecule has 1 aromatic heterocycles. The van der Waals surface area contributed by atoms with Gasteiger partial charge in [-0.05, 0) is 25.5 Å². The van der Waals surface area contributed by atoms with E-state index in [4.69, 9.17) is 5.73 Å². The number of hydrogen-bond donors (Lipinski definition) is 1. The molecule has 2 aromatic rings. The summed E-state index contributed by atoms with van der Waals surface area (Å²) in [5, 5.41) is 1.43. The molecule has 0 aliphatic heterocycles. The van der Waals surface area contributed by atoms with Crippen molar-refractivity contribution in [2.24, 2.45) is 5.73 Å². The van der Waals surface area contributed by atoms with Crippen molar-refractivity contribution < 1.29 is 13.2 Å². The van der Waals surface area contributed by atoms with Crippen LogP contribution < -0.4 is 5.73 Å². The van der Waals surface area contributed by atoms with Gasteiger partial charge in [-0.25, -0.2) is 12.7 Å². The molecule has 0 atom stereocenters. The van der Waals surface area contributed by atoms with Gasteiger partial charge in [0, 0.05) is 49.8 Å². The molecular weight excluding hydrogens is 340 g/mol. The summed E-state index contributed by atoms with van der Waals surface area (Å²) in [5.74, 6) is -0.130. The van der Waals surface area contributed by atoms with E-state index in [0.29, 0.717) is 31.4 Å². The number of rotatable bonds is 8. The Balaban J connectivity index is 2.12. The lowest BCUT2D eigenvalue weighted by Gasteiger charge is -2.22. The van der Waals surface area contributed by atoms with Crippen LogP contribution in [0.25, 0.3) is 10.8 Å². The standard InChI is InChI=1S/C17H24N4O3S/c1-3-21(17(22)12-18)11-5-10-20(2)25(23,24)16-7-4-6-14-13-19-9-8-15(14)16/h4,6-9,13H,3,5,10-12,18H2,1-2H3. The Morgan fingerprint density at radius 3 is 2.68 bits per heavy atom. The highest BCUT2D eigenvalue weighted by Gasteiger charge is 2.23. The molecule has 0 saturated heterocycles. The number of nitrogens with zero attached hydrogens (tertiary/aromatic N) is 3. The molecule has 2 N–H and O–H groups in total. The fourth-order valence-corrected chi connectivity index (χ4v) is 4.10. The molecule has 7 nitrogen and oxygen atoms in total. The number of pyridine rings is 1. The van der Waals surface area contributed by atoms with Crippen LogP contribution in [0.15, 0.2) is 41.6 Å². The Labute approximate surface area is 148 Å². The molecular formula is C17H24N4O3S. The smallest absolute Gasteiger partial charge is 0.243 e. The molecule has 0 aliphatic carbocycles. The van der Waals surface area contributed by atoms with Gasteiger partial charge >= 0.3 is 0 Å². The van der Waals surface area contributed by atoms with Crippen molar-refractivity contribution in [3.8, 4) is 0 Å². The van der Waals surface area contributed by atoms with Crippen molar-refractivity contribution in [2.75, 3.05) is 33.2 Å². The first-order chi connectivity index (χ1) is 11.9. The zero-order valence-corrected chi connectivity index (χ0v) is 15.4. The van der Waals surface area contributed by atoms with Gasteiger partial charge in [0.2, 0.25) is 15.9 Å². The number of sulfonamides is 1. The van der Waals surface area contributed by atoms with E-state index in [-0.39, 0.29) is 17.3 Å². The van der Waals surface area contributed by atoms with E-state index in [1.165, 1.54) is 4.31 Å². The molecule has 25 heavy (non-hydrogen) atoms. The highest BCUT2D eigenvalue weighted by molar-refractivity contribution is 7.89. The first kappa shape index (κ1) is 19.3. The fourth-order valence-electron chi connectivity index (χ4n) is 2.68. The van der Waals surface area contributed by atoms with Gasteiger partial charge in [0.25, 0.3) is 0 Å². The number of amides is 1. The minimum Gasteiger partial charge on any atom is -0.342 e. The lowest BCUT2D eigenvalue weighted by Crippen LogP contribution is -2.38. The van der Waals surface area contributed by atoms with Crippen LogP contribution in [0.5, 0.6) is 0 Å². The average Bonchev–Trinajstić information content (AvgIpc) is 2.63. The first-order valence-electron chi connectivity index (χ1n) is 8.18. The Kier molecular flexibility index (Phi) is 6.46. The maximum absolute atomic E-state index is 12.9. The molecule has 2 rings (SSSR count). The zero-order chi connectivity index (χ0) is 18.4. The van der Waals surface area contributed by atoms with Crippen LogP contribution >= 0.6 is 0 Å². The molecule has 0 aliphatic rings. The van der Waals surface area contributed by atoms with Gasteiger partial charge in [-0.15, -0.1) is 0 Å². The minimum atomic E-state index is -3.62. The second-order valence-corrected chi connectivity index (χ2v) is 7.72. The highest BCUT2D eigenvalue weighted by atomic mass is 32.2. The van der Waals surface area contributed by atoms with Crippen molar-refractivity contribution >= 4 is 26.7 Å². The summed E-state index contributed by atoms with van der Waals surface area (Å²) in [5.41, 5.74) is 5.38. The van der Waals surface area contributed by atoms with Crippen LogP contribution in [0, 0.1) is 0 Å². The molecule has 1 aromatic carbocycles. The first-order valence-corrected chi connectivity index (χ1v) is 9.62. The van der Waals surface area contributed by atoms with Crippen LogP contribution in [-0.2, 0) is 14.8 Å². The number of likely N-dealkylation sites (N-methyl/N-ethyl adjacent to an activating group) is 1. The van der Waals surface area contributed by atoms with E-state index in [9.17, 15) is 13.2 Å². The molecule has 0 radical (unpaired) electrons. The van der Waals surface area contributed by atoms with E-state index in [2.05, 4.69) is 4.98 Å². The topological polar surface area (TPSA) is 96.6 Å². The SMILES string of the molecule is CCN(CCCN(C)S(=O)(=O)c1cccc2cnccc12)C(=O)CN. The van der Waals surface area contributed by atoms with Gasteiger partial charge in [0.15, 0.2) is 0 Å². The number of benzene rings is 1. The maximum atomic E-state index is 12.9. The molecule has 0 bridgehead atoms. The Morgan fingerprint density at radius 1 is 1.24 bits per heavy atom. The fraction of sp³-hybridized carbons (Fsp3) is 0.412. The van der Waals surface area contributed by atoms with Crippen molar-refractivity contribution in [1.29, 1.82) is 0 Å². The maximum Gasteiger partial charge on any atom is 0.243 e. The van der Waals surface area contributed by atoms with Gasteiger partial charge in [0.1, 0.15) is 0 Å². The summed E-state index contributed by atoms with van der Waals surface area (Å²) in [4.78, 5) is 17.6. The van der Waals surface area contributed by atoms with E-state index >= 15 is 0 Å². The number of carbonyl (C=O) groups is 1. The van der Waals surface area contributed by atoms with Gasteiger partial charge in [-0.3, -0.25) is 9.78 Å². The normalized spacial score (nSPS) is 11.8. The molecule has 1 heterocycles. The summed E-state index contributed by atoms with van der Waals surface area (Å²) >= 11 is 0. The third-order valence-corrected chi connectivity index (χ3v) is 6.05. The monoisotopic (exact) mass is 364 g/mol. The summed E-state index contributed by atoms with van der Waals surface area (Å²) in [6.45, 7) is 3.19. The second kappa shape index (κ2) is 8.37. The molecule has 8 heteroatoms. The molecule has 0 saturated carbocycles. The van der Waals surface area contributed by atoms with Crippen molar-refractivity contribution in [2.45, 2.75) is 18.2 Å². The zero-order valence-electron chi connectivity index (χ0n) is 14.6. The van der Waals surface area contributed by atoms with Crippen molar-refractivity contribution in [1.82, 2.24) is 14.2 Å². The van der Waals surface area contributed by atoms with Crippen LogP contribution in [0.3, 0.4) is 0 Å². The van der Waals surface area contributed by atoms with E-state index < -0.39 is 10.0 Å². The number of carbonyl (C=O) groups excluding carboxylic acids is 1. The van der Waals surface area contributed by atoms with Crippen LogP contribution in [0.1, 0.15) is 13.3 Å². The third-order valence-electron chi connectivity index (χ3n) is 4.14. The summed E-state index contributed by atoms with van der Waals surface area (Å²) < 4.78 is 27.1. The largest absolute Gasteiger partial charge is 0.342 e. The van der Waals surface area contributed by atoms with Crippen LogP contribution in [0.2, 0.25) is 0 Å². The average molecular weight is 364 g/mol. The predicted molar refractivity (Wildman–Crippen MR) is 97.5 cm³/mol. The van der Waals surface area contributed by atoms with Gasteiger partial charge in [-0.1, -0.05) is 12.1 Å². The highest BCUT2D eigenvalue weighted by Crippen LogP contribution is 2.24. The molecule has 1 amide bonds. The summed E-state index contributed by atoms with van der Waals surface area (Å²) in [7, 11) is -2.07. The second-order valence-electron chi connectivity index (χ2n) is 5.71. The van der Waals surface area contributed by atoms with Crippen LogP contribution in [0.4, 0.5) is 0 Å². The Morgan fingerprint density at radius 2 is 2.00 bits per heavy atom. The lowest BCUT2D eigenvalue weighted by molar-refractivity contribution is -0.129. The third kappa shape index (κ3) is 4.33. The number of hydrogen-bond acceptors (Lipinski definition) is 5. The number of nitrogens with two attached hydrogens (primary N) is 1. The van der Waals surface area contributed by atoms with Crippen LogP contribution in [-0.4, -0.2) is 61.7 Å². The van der Waals surface area contributed by atoms with E-state index in [0.717, 1.165) is 5.39 Å². The Hall–Kier alpha value is -2.03. The summed E-state index contributed by atoms with van der Waals surface area (Å²) in [6.07, 6.45) is 3.77. The molecule has 136 valence electrons. The minimum absolute atomic E-state index is 0.0357. The van der Waals surface area contributed by atoms with E-state index in [1.807, 2.05) is 13.0 Å². The van der Waals surface area contributed by atoms with Gasteiger partial charge in [-0.2, -0.15) is 0 Å². The summed E-state index contributed by atoms with van der Waals surface area (Å²) in [6, 6.07) is 6.85.